The molecule has 2 bridgehead atoms. The zero-order valence-corrected chi connectivity index (χ0v) is 12.3. The van der Waals surface area contributed by atoms with Crippen molar-refractivity contribution in [2.24, 2.45) is 0 Å². The van der Waals surface area contributed by atoms with E-state index >= 15 is 0 Å². The summed E-state index contributed by atoms with van der Waals surface area (Å²) in [6.07, 6.45) is 6.43. The van der Waals surface area contributed by atoms with Crippen molar-refractivity contribution in [1.29, 1.82) is 0 Å². The second kappa shape index (κ2) is 5.05. The van der Waals surface area contributed by atoms with Gasteiger partial charge in [0.1, 0.15) is 5.82 Å². The van der Waals surface area contributed by atoms with Crippen LogP contribution in [0.5, 0.6) is 0 Å². The molecule has 106 valence electrons. The van der Waals surface area contributed by atoms with E-state index in [0.717, 1.165) is 11.3 Å². The molecule has 2 saturated heterocycles. The lowest BCUT2D eigenvalue weighted by Crippen LogP contribution is -2.49. The average Bonchev–Trinajstić information content (AvgIpc) is 2.85. The molecule has 0 spiro atoms. The number of rotatable bonds is 2. The second-order valence-electron chi connectivity index (χ2n) is 6.14. The van der Waals surface area contributed by atoms with Crippen LogP contribution in [0.25, 0.3) is 11.0 Å². The number of nitrogens with one attached hydrogen (secondary N) is 1. The number of fused-ring (bicyclic) bond motifs is 3. The third-order valence-electron chi connectivity index (χ3n) is 4.84. The van der Waals surface area contributed by atoms with E-state index in [1.54, 1.807) is 0 Å². The molecule has 2 fully saturated rings. The number of para-hydroxylation sites is 2. The topological polar surface area (TPSA) is 29.9 Å². The highest BCUT2D eigenvalue weighted by atomic mass is 35.5. The Balaban J connectivity index is 1.77. The summed E-state index contributed by atoms with van der Waals surface area (Å²) in [6.45, 7) is 0. The van der Waals surface area contributed by atoms with Gasteiger partial charge in [-0.2, -0.15) is 0 Å². The number of nitrogens with zero attached hydrogens (tertiary/aromatic N) is 2. The van der Waals surface area contributed by atoms with Gasteiger partial charge in [0.05, 0.1) is 16.9 Å². The fourth-order valence-electron chi connectivity index (χ4n) is 4.04. The SMILES string of the molecule is ClCc1nc2ccccc2n1C1CC2CCCC(C1)N2. The van der Waals surface area contributed by atoms with Crippen LogP contribution >= 0.6 is 11.6 Å². The van der Waals surface area contributed by atoms with E-state index in [9.17, 15) is 0 Å². The van der Waals surface area contributed by atoms with Gasteiger partial charge in [-0.15, -0.1) is 11.6 Å². The molecule has 1 aromatic carbocycles. The zero-order chi connectivity index (χ0) is 13.5. The first kappa shape index (κ1) is 12.7. The van der Waals surface area contributed by atoms with Crippen molar-refractivity contribution < 1.29 is 0 Å². The van der Waals surface area contributed by atoms with Crippen molar-refractivity contribution in [2.45, 2.75) is 56.1 Å². The molecule has 0 radical (unpaired) electrons. The Labute approximate surface area is 124 Å². The molecule has 1 N–H and O–H groups in total. The molecule has 0 aliphatic carbocycles. The van der Waals surface area contributed by atoms with Crippen LogP contribution in [0.15, 0.2) is 24.3 Å². The molecule has 2 aromatic rings. The standard InChI is InChI=1S/C16H20ClN3/c17-10-16-19-14-6-1-2-7-15(14)20(16)13-8-11-4-3-5-12(9-13)18-11/h1-2,6-7,11-13,18H,3-5,8-10H2. The van der Waals surface area contributed by atoms with E-state index in [1.165, 1.54) is 37.6 Å². The van der Waals surface area contributed by atoms with Gasteiger partial charge < -0.3 is 9.88 Å². The van der Waals surface area contributed by atoms with E-state index in [2.05, 4.69) is 34.1 Å². The maximum atomic E-state index is 6.14. The lowest BCUT2D eigenvalue weighted by molar-refractivity contribution is 0.189. The molecule has 0 amide bonds. The lowest BCUT2D eigenvalue weighted by atomic mass is 9.84. The second-order valence-corrected chi connectivity index (χ2v) is 6.40. The van der Waals surface area contributed by atoms with Crippen LogP contribution in [-0.2, 0) is 5.88 Å². The molecular weight excluding hydrogens is 270 g/mol. The molecule has 4 heteroatoms. The van der Waals surface area contributed by atoms with Crippen molar-refractivity contribution in [3.8, 4) is 0 Å². The van der Waals surface area contributed by atoms with E-state index in [0.29, 0.717) is 24.0 Å². The monoisotopic (exact) mass is 289 g/mol. The van der Waals surface area contributed by atoms with Gasteiger partial charge in [-0.25, -0.2) is 4.98 Å². The highest BCUT2D eigenvalue weighted by Gasteiger charge is 2.33. The number of aromatic nitrogens is 2. The van der Waals surface area contributed by atoms with Crippen LogP contribution in [-0.4, -0.2) is 21.6 Å². The first-order chi connectivity index (χ1) is 9.85. The van der Waals surface area contributed by atoms with Crippen molar-refractivity contribution in [3.63, 3.8) is 0 Å². The first-order valence-electron chi connectivity index (χ1n) is 7.63. The van der Waals surface area contributed by atoms with Gasteiger partial charge in [0.15, 0.2) is 0 Å². The summed E-state index contributed by atoms with van der Waals surface area (Å²) in [4.78, 5) is 4.71. The van der Waals surface area contributed by atoms with Crippen LogP contribution in [0.3, 0.4) is 0 Å². The smallest absolute Gasteiger partial charge is 0.125 e. The molecule has 2 aliphatic heterocycles. The predicted octanol–water partition coefficient (Wildman–Crippen LogP) is 3.62. The van der Waals surface area contributed by atoms with Crippen molar-refractivity contribution >= 4 is 22.6 Å². The molecule has 3 heterocycles. The molecule has 2 aliphatic rings. The van der Waals surface area contributed by atoms with Crippen molar-refractivity contribution in [1.82, 2.24) is 14.9 Å². The Morgan fingerprint density at radius 2 is 1.95 bits per heavy atom. The number of halogens is 1. The van der Waals surface area contributed by atoms with E-state index in [4.69, 9.17) is 16.6 Å². The van der Waals surface area contributed by atoms with Crippen molar-refractivity contribution in [3.05, 3.63) is 30.1 Å². The summed E-state index contributed by atoms with van der Waals surface area (Å²) in [5, 5.41) is 3.76. The van der Waals surface area contributed by atoms with Gasteiger partial charge in [0.25, 0.3) is 0 Å². The first-order valence-corrected chi connectivity index (χ1v) is 8.16. The average molecular weight is 290 g/mol. The Kier molecular flexibility index (Phi) is 3.20. The Hall–Kier alpha value is -1.06. The zero-order valence-electron chi connectivity index (χ0n) is 11.6. The molecule has 1 aromatic heterocycles. The molecule has 3 nitrogen and oxygen atoms in total. The van der Waals surface area contributed by atoms with E-state index < -0.39 is 0 Å². The summed E-state index contributed by atoms with van der Waals surface area (Å²) in [7, 11) is 0. The van der Waals surface area contributed by atoms with Crippen LogP contribution in [0.4, 0.5) is 0 Å². The van der Waals surface area contributed by atoms with Crippen molar-refractivity contribution in [2.75, 3.05) is 0 Å². The van der Waals surface area contributed by atoms with Crippen LogP contribution < -0.4 is 5.32 Å². The van der Waals surface area contributed by atoms with Gasteiger partial charge in [-0.1, -0.05) is 18.6 Å². The number of hydrogen-bond donors (Lipinski definition) is 1. The summed E-state index contributed by atoms with van der Waals surface area (Å²) < 4.78 is 2.41. The highest BCUT2D eigenvalue weighted by molar-refractivity contribution is 6.16. The summed E-state index contributed by atoms with van der Waals surface area (Å²) in [5.74, 6) is 1.52. The summed E-state index contributed by atoms with van der Waals surface area (Å²) in [6, 6.07) is 10.3. The Bertz CT molecular complexity index is 609. The molecular formula is C16H20ClN3. The van der Waals surface area contributed by atoms with E-state index in [1.807, 2.05) is 0 Å². The third-order valence-corrected chi connectivity index (χ3v) is 5.08. The molecule has 2 atom stereocenters. The van der Waals surface area contributed by atoms with Gasteiger partial charge in [-0.3, -0.25) is 0 Å². The number of hydrogen-bond acceptors (Lipinski definition) is 2. The van der Waals surface area contributed by atoms with E-state index in [-0.39, 0.29) is 0 Å². The Morgan fingerprint density at radius 3 is 2.70 bits per heavy atom. The minimum absolute atomic E-state index is 0.494. The summed E-state index contributed by atoms with van der Waals surface area (Å²) in [5.41, 5.74) is 2.32. The van der Waals surface area contributed by atoms with Gasteiger partial charge in [0, 0.05) is 18.1 Å². The van der Waals surface area contributed by atoms with Gasteiger partial charge in [0.2, 0.25) is 0 Å². The fraction of sp³-hybridized carbons (Fsp3) is 0.562. The highest BCUT2D eigenvalue weighted by Crippen LogP contribution is 2.35. The lowest BCUT2D eigenvalue weighted by Gasteiger charge is -2.41. The molecule has 20 heavy (non-hydrogen) atoms. The minimum Gasteiger partial charge on any atom is -0.324 e. The van der Waals surface area contributed by atoms with Crippen LogP contribution in [0, 0.1) is 0 Å². The van der Waals surface area contributed by atoms with Crippen LogP contribution in [0.1, 0.15) is 44.0 Å². The maximum absolute atomic E-state index is 6.14. The number of piperidine rings is 2. The fourth-order valence-corrected chi connectivity index (χ4v) is 4.23. The van der Waals surface area contributed by atoms with Gasteiger partial charge in [-0.05, 0) is 37.8 Å². The van der Waals surface area contributed by atoms with Gasteiger partial charge >= 0.3 is 0 Å². The normalized spacial score (nSPS) is 29.8. The van der Waals surface area contributed by atoms with Crippen LogP contribution in [0.2, 0.25) is 0 Å². The number of benzene rings is 1. The number of imidazole rings is 1. The predicted molar refractivity (Wildman–Crippen MR) is 82.1 cm³/mol. The third kappa shape index (κ3) is 2.04. The summed E-state index contributed by atoms with van der Waals surface area (Å²) >= 11 is 6.14. The largest absolute Gasteiger partial charge is 0.324 e. The number of alkyl halides is 1. The molecule has 2 unspecified atom stereocenters. The maximum Gasteiger partial charge on any atom is 0.125 e. The molecule has 0 saturated carbocycles. The minimum atomic E-state index is 0.494. The molecule has 4 rings (SSSR count). The quantitative estimate of drug-likeness (QED) is 0.856. The Morgan fingerprint density at radius 1 is 1.20 bits per heavy atom.